The summed E-state index contributed by atoms with van der Waals surface area (Å²) in [5, 5.41) is 0. The van der Waals surface area contributed by atoms with Crippen LogP contribution in [0, 0.1) is 5.82 Å². The van der Waals surface area contributed by atoms with E-state index in [1.54, 1.807) is 0 Å². The fraction of sp³-hybridized carbons (Fsp3) is 0.0714. The number of nitrogens with two attached hydrogens (primary N) is 1. The number of anilines is 1. The Morgan fingerprint density at radius 3 is 2.55 bits per heavy atom. The highest BCUT2D eigenvalue weighted by atomic mass is 32.2. The van der Waals surface area contributed by atoms with Gasteiger partial charge in [-0.3, -0.25) is 9.52 Å². The highest BCUT2D eigenvalue weighted by molar-refractivity contribution is 7.92. The van der Waals surface area contributed by atoms with Gasteiger partial charge < -0.3 is 10.5 Å². The molecule has 2 aromatic rings. The molecule has 0 saturated heterocycles. The number of nitrogens with one attached hydrogen (secondary N) is 1. The van der Waals surface area contributed by atoms with Crippen LogP contribution in [0.2, 0.25) is 0 Å². The van der Waals surface area contributed by atoms with Crippen molar-refractivity contribution < 1.29 is 22.3 Å². The molecule has 6 nitrogen and oxygen atoms in total. The lowest BCUT2D eigenvalue weighted by Gasteiger charge is -2.10. The van der Waals surface area contributed by atoms with E-state index in [4.69, 9.17) is 10.5 Å². The summed E-state index contributed by atoms with van der Waals surface area (Å²) in [6.07, 6.45) is 0. The van der Waals surface area contributed by atoms with Crippen molar-refractivity contribution in [1.82, 2.24) is 0 Å². The number of halogens is 1. The van der Waals surface area contributed by atoms with Crippen molar-refractivity contribution in [2.45, 2.75) is 4.90 Å². The van der Waals surface area contributed by atoms with Crippen molar-refractivity contribution in [2.75, 3.05) is 11.8 Å². The zero-order valence-electron chi connectivity index (χ0n) is 11.5. The van der Waals surface area contributed by atoms with Gasteiger partial charge in [0.25, 0.3) is 10.0 Å². The standard InChI is InChI=1S/C14H13FN2O4S/c1-21-11-5-6-13(12(15)8-11)22(19,20)17-10-4-2-3-9(7-10)14(16)18/h2-8,17H,1H3,(H2,16,18). The molecule has 0 fully saturated rings. The van der Waals surface area contributed by atoms with Crippen LogP contribution in [0.3, 0.4) is 0 Å². The van der Waals surface area contributed by atoms with Crippen LogP contribution in [0.4, 0.5) is 10.1 Å². The summed E-state index contributed by atoms with van der Waals surface area (Å²) in [5.74, 6) is -1.44. The largest absolute Gasteiger partial charge is 0.497 e. The van der Waals surface area contributed by atoms with Gasteiger partial charge in [0, 0.05) is 17.3 Å². The SMILES string of the molecule is COc1ccc(S(=O)(=O)Nc2cccc(C(N)=O)c2)c(F)c1. The van der Waals surface area contributed by atoms with Crippen molar-refractivity contribution in [3.05, 3.63) is 53.8 Å². The molecule has 0 atom stereocenters. The molecule has 2 rings (SSSR count). The number of hydrogen-bond acceptors (Lipinski definition) is 4. The Labute approximate surface area is 126 Å². The summed E-state index contributed by atoms with van der Waals surface area (Å²) in [6, 6.07) is 8.98. The van der Waals surface area contributed by atoms with E-state index in [1.165, 1.54) is 37.4 Å². The third-order valence-corrected chi connectivity index (χ3v) is 4.24. The highest BCUT2D eigenvalue weighted by Gasteiger charge is 2.20. The average molecular weight is 324 g/mol. The predicted molar refractivity (Wildman–Crippen MR) is 78.7 cm³/mol. The molecule has 0 saturated carbocycles. The third kappa shape index (κ3) is 3.34. The molecular formula is C14H13FN2O4S. The number of benzene rings is 2. The molecule has 0 unspecified atom stereocenters. The van der Waals surface area contributed by atoms with E-state index in [1.807, 2.05) is 0 Å². The topological polar surface area (TPSA) is 98.5 Å². The Bertz CT molecular complexity index is 821. The Hall–Kier alpha value is -2.61. The number of primary amides is 1. The van der Waals surface area contributed by atoms with Crippen LogP contribution in [-0.4, -0.2) is 21.4 Å². The minimum Gasteiger partial charge on any atom is -0.497 e. The quantitative estimate of drug-likeness (QED) is 0.875. The molecule has 8 heteroatoms. The Morgan fingerprint density at radius 2 is 1.95 bits per heavy atom. The second-order valence-corrected chi connectivity index (χ2v) is 6.00. The predicted octanol–water partition coefficient (Wildman–Crippen LogP) is 1.73. The first-order chi connectivity index (χ1) is 10.3. The minimum absolute atomic E-state index is 0.103. The Morgan fingerprint density at radius 1 is 1.23 bits per heavy atom. The van der Waals surface area contributed by atoms with Crippen LogP contribution in [0.25, 0.3) is 0 Å². The average Bonchev–Trinajstić information content (AvgIpc) is 2.46. The van der Waals surface area contributed by atoms with Gasteiger partial charge in [0.2, 0.25) is 5.91 Å². The summed E-state index contributed by atoms with van der Waals surface area (Å²) in [4.78, 5) is 10.6. The Kier molecular flexibility index (Phi) is 4.32. The maximum absolute atomic E-state index is 13.9. The molecule has 2 aromatic carbocycles. The van der Waals surface area contributed by atoms with Crippen molar-refractivity contribution in [3.63, 3.8) is 0 Å². The van der Waals surface area contributed by atoms with Gasteiger partial charge in [-0.25, -0.2) is 12.8 Å². The lowest BCUT2D eigenvalue weighted by atomic mass is 10.2. The summed E-state index contributed by atoms with van der Waals surface area (Å²) in [5.41, 5.74) is 5.36. The fourth-order valence-electron chi connectivity index (χ4n) is 1.77. The summed E-state index contributed by atoms with van der Waals surface area (Å²) >= 11 is 0. The molecule has 22 heavy (non-hydrogen) atoms. The summed E-state index contributed by atoms with van der Waals surface area (Å²) in [6.45, 7) is 0. The van der Waals surface area contributed by atoms with Crippen LogP contribution in [-0.2, 0) is 10.0 Å². The summed E-state index contributed by atoms with van der Waals surface area (Å²) in [7, 11) is -2.80. The van der Waals surface area contributed by atoms with E-state index in [0.29, 0.717) is 0 Å². The molecule has 116 valence electrons. The number of amides is 1. The van der Waals surface area contributed by atoms with Gasteiger partial charge in [-0.15, -0.1) is 0 Å². The first-order valence-electron chi connectivity index (χ1n) is 6.10. The molecule has 0 aliphatic carbocycles. The van der Waals surface area contributed by atoms with Crippen LogP contribution < -0.4 is 15.2 Å². The molecule has 0 heterocycles. The maximum atomic E-state index is 13.9. The number of hydrogen-bond donors (Lipinski definition) is 2. The lowest BCUT2D eigenvalue weighted by Crippen LogP contribution is -2.16. The van der Waals surface area contributed by atoms with Gasteiger partial charge >= 0.3 is 0 Å². The van der Waals surface area contributed by atoms with Crippen molar-refractivity contribution in [3.8, 4) is 5.75 Å². The minimum atomic E-state index is -4.14. The normalized spacial score (nSPS) is 11.0. The smallest absolute Gasteiger partial charge is 0.264 e. The van der Waals surface area contributed by atoms with Gasteiger partial charge in [0.05, 0.1) is 7.11 Å². The molecule has 0 aliphatic heterocycles. The van der Waals surface area contributed by atoms with Crippen LogP contribution in [0.5, 0.6) is 5.75 Å². The van der Waals surface area contributed by atoms with Crippen LogP contribution in [0.15, 0.2) is 47.4 Å². The molecule has 3 N–H and O–H groups in total. The first-order valence-corrected chi connectivity index (χ1v) is 7.58. The number of rotatable bonds is 5. The van der Waals surface area contributed by atoms with E-state index < -0.39 is 26.6 Å². The number of sulfonamides is 1. The fourth-order valence-corrected chi connectivity index (χ4v) is 2.88. The molecule has 0 aliphatic rings. The summed E-state index contributed by atoms with van der Waals surface area (Å²) < 4.78 is 45.3. The zero-order valence-corrected chi connectivity index (χ0v) is 12.4. The molecule has 0 bridgehead atoms. The second kappa shape index (κ2) is 6.02. The van der Waals surface area contributed by atoms with Crippen molar-refractivity contribution >= 4 is 21.6 Å². The number of ether oxygens (including phenoxy) is 1. The van der Waals surface area contributed by atoms with Crippen molar-refractivity contribution in [2.24, 2.45) is 5.73 Å². The monoisotopic (exact) mass is 324 g/mol. The Balaban J connectivity index is 2.36. The van der Waals surface area contributed by atoms with Crippen LogP contribution in [0.1, 0.15) is 10.4 Å². The first kappa shape index (κ1) is 15.8. The van der Waals surface area contributed by atoms with Gasteiger partial charge in [-0.2, -0.15) is 0 Å². The maximum Gasteiger partial charge on any atom is 0.264 e. The lowest BCUT2D eigenvalue weighted by molar-refractivity contribution is 0.100. The van der Waals surface area contributed by atoms with E-state index in [-0.39, 0.29) is 17.0 Å². The zero-order chi connectivity index (χ0) is 16.3. The van der Waals surface area contributed by atoms with E-state index >= 15 is 0 Å². The molecule has 0 radical (unpaired) electrons. The van der Waals surface area contributed by atoms with Crippen LogP contribution >= 0.6 is 0 Å². The van der Waals surface area contributed by atoms with E-state index in [0.717, 1.165) is 12.1 Å². The molecule has 0 aromatic heterocycles. The molecule has 0 spiro atoms. The van der Waals surface area contributed by atoms with Gasteiger partial charge in [0.15, 0.2) is 0 Å². The van der Waals surface area contributed by atoms with Crippen molar-refractivity contribution in [1.29, 1.82) is 0 Å². The third-order valence-electron chi connectivity index (χ3n) is 2.83. The number of methoxy groups -OCH3 is 1. The van der Waals surface area contributed by atoms with Gasteiger partial charge in [-0.05, 0) is 30.3 Å². The van der Waals surface area contributed by atoms with Gasteiger partial charge in [-0.1, -0.05) is 6.07 Å². The van der Waals surface area contributed by atoms with E-state index in [2.05, 4.69) is 4.72 Å². The number of carbonyl (C=O) groups is 1. The van der Waals surface area contributed by atoms with Gasteiger partial charge in [0.1, 0.15) is 16.5 Å². The highest BCUT2D eigenvalue weighted by Crippen LogP contribution is 2.23. The number of carbonyl (C=O) groups excluding carboxylic acids is 1. The second-order valence-electron chi connectivity index (χ2n) is 4.35. The molecular weight excluding hydrogens is 311 g/mol. The van der Waals surface area contributed by atoms with E-state index in [9.17, 15) is 17.6 Å². The molecule has 1 amide bonds.